The van der Waals surface area contributed by atoms with Gasteiger partial charge in [0.1, 0.15) is 12.4 Å². The van der Waals surface area contributed by atoms with Gasteiger partial charge in [0.25, 0.3) is 5.91 Å². The van der Waals surface area contributed by atoms with Gasteiger partial charge in [0.05, 0.1) is 18.7 Å². The summed E-state index contributed by atoms with van der Waals surface area (Å²) in [4.78, 5) is 27.5. The van der Waals surface area contributed by atoms with Crippen molar-refractivity contribution in [3.05, 3.63) is 129 Å². The largest absolute Gasteiger partial charge is 0.489 e. The number of benzene rings is 4. The smallest absolute Gasteiger partial charge is 0.338 e. The SMILES string of the molecule is CCOC(=O)c1ccc(N(Cc2c(Cl)cccc2Cl)C(=O)c2cccc(OCc3ccccc3)c2)cc1. The predicted molar refractivity (Wildman–Crippen MR) is 147 cm³/mol. The van der Waals surface area contributed by atoms with Crippen LogP contribution in [0.5, 0.6) is 5.75 Å². The minimum absolute atomic E-state index is 0.130. The molecule has 4 aromatic carbocycles. The number of carbonyl (C=O) groups is 2. The highest BCUT2D eigenvalue weighted by Gasteiger charge is 2.22. The molecule has 0 bridgehead atoms. The van der Waals surface area contributed by atoms with Crippen molar-refractivity contribution < 1.29 is 19.1 Å². The summed E-state index contributed by atoms with van der Waals surface area (Å²) in [5.74, 6) is -0.127. The average molecular weight is 534 g/mol. The molecule has 0 saturated carbocycles. The molecule has 1 amide bonds. The number of halogens is 2. The molecule has 0 spiro atoms. The Morgan fingerprint density at radius 1 is 0.784 bits per heavy atom. The van der Waals surface area contributed by atoms with Gasteiger partial charge in [-0.3, -0.25) is 4.79 Å². The van der Waals surface area contributed by atoms with E-state index in [9.17, 15) is 9.59 Å². The van der Waals surface area contributed by atoms with Crippen LogP contribution in [0.15, 0.2) is 97.1 Å². The molecule has 0 saturated heterocycles. The van der Waals surface area contributed by atoms with Crippen molar-refractivity contribution in [3.8, 4) is 5.75 Å². The lowest BCUT2D eigenvalue weighted by atomic mass is 10.1. The van der Waals surface area contributed by atoms with Crippen LogP contribution in [-0.4, -0.2) is 18.5 Å². The van der Waals surface area contributed by atoms with Gasteiger partial charge in [-0.25, -0.2) is 4.79 Å². The van der Waals surface area contributed by atoms with E-state index >= 15 is 0 Å². The number of hydrogen-bond donors (Lipinski definition) is 0. The second kappa shape index (κ2) is 12.4. The Hall–Kier alpha value is -3.80. The van der Waals surface area contributed by atoms with Gasteiger partial charge in [0, 0.05) is 26.9 Å². The monoisotopic (exact) mass is 533 g/mol. The molecule has 0 aromatic heterocycles. The summed E-state index contributed by atoms with van der Waals surface area (Å²) < 4.78 is 11.0. The first-order valence-electron chi connectivity index (χ1n) is 11.7. The highest BCUT2D eigenvalue weighted by atomic mass is 35.5. The lowest BCUT2D eigenvalue weighted by Gasteiger charge is -2.24. The van der Waals surface area contributed by atoms with Gasteiger partial charge in [-0.2, -0.15) is 0 Å². The second-order valence-electron chi connectivity index (χ2n) is 8.16. The Bertz CT molecular complexity index is 1350. The van der Waals surface area contributed by atoms with E-state index in [4.69, 9.17) is 32.7 Å². The maximum Gasteiger partial charge on any atom is 0.338 e. The van der Waals surface area contributed by atoms with Crippen molar-refractivity contribution in [2.75, 3.05) is 11.5 Å². The fourth-order valence-corrected chi connectivity index (χ4v) is 4.25. The number of anilines is 1. The Labute approximate surface area is 226 Å². The summed E-state index contributed by atoms with van der Waals surface area (Å²) in [5.41, 5.74) is 3.04. The summed E-state index contributed by atoms with van der Waals surface area (Å²) in [6.07, 6.45) is 0. The number of hydrogen-bond acceptors (Lipinski definition) is 4. The van der Waals surface area contributed by atoms with Crippen molar-refractivity contribution in [1.29, 1.82) is 0 Å². The van der Waals surface area contributed by atoms with Crippen LogP contribution >= 0.6 is 23.2 Å². The van der Waals surface area contributed by atoms with Crippen molar-refractivity contribution in [1.82, 2.24) is 0 Å². The minimum atomic E-state index is -0.427. The molecule has 37 heavy (non-hydrogen) atoms. The number of ether oxygens (including phenoxy) is 2. The summed E-state index contributed by atoms with van der Waals surface area (Å²) in [6, 6.07) is 28.7. The molecule has 0 heterocycles. The highest BCUT2D eigenvalue weighted by Crippen LogP contribution is 2.30. The van der Waals surface area contributed by atoms with Gasteiger partial charge >= 0.3 is 5.97 Å². The van der Waals surface area contributed by atoms with Gasteiger partial charge in [-0.05, 0) is 67.1 Å². The standard InChI is InChI=1S/C30H25Cl2NO4/c1-2-36-30(35)22-14-16-24(17-15-22)33(19-26-27(31)12-7-13-28(26)32)29(34)23-10-6-11-25(18-23)37-20-21-8-4-3-5-9-21/h3-18H,2,19-20H2,1H3. The molecule has 5 nitrogen and oxygen atoms in total. The first-order chi connectivity index (χ1) is 18.0. The number of carbonyl (C=O) groups excluding carboxylic acids is 2. The topological polar surface area (TPSA) is 55.8 Å². The Morgan fingerprint density at radius 3 is 2.14 bits per heavy atom. The normalized spacial score (nSPS) is 10.6. The van der Waals surface area contributed by atoms with Crippen molar-refractivity contribution in [2.24, 2.45) is 0 Å². The van der Waals surface area contributed by atoms with Crippen LogP contribution in [0.3, 0.4) is 0 Å². The molecule has 4 aromatic rings. The van der Waals surface area contributed by atoms with E-state index in [0.29, 0.717) is 44.8 Å². The van der Waals surface area contributed by atoms with Gasteiger partial charge in [-0.1, -0.05) is 65.7 Å². The fourth-order valence-electron chi connectivity index (χ4n) is 3.73. The maximum atomic E-state index is 13.8. The van der Waals surface area contributed by atoms with Crippen LogP contribution in [0, 0.1) is 0 Å². The third-order valence-electron chi connectivity index (χ3n) is 5.64. The fraction of sp³-hybridized carbons (Fsp3) is 0.133. The van der Waals surface area contributed by atoms with E-state index in [1.807, 2.05) is 36.4 Å². The van der Waals surface area contributed by atoms with Gasteiger partial charge in [0.2, 0.25) is 0 Å². The highest BCUT2D eigenvalue weighted by molar-refractivity contribution is 6.36. The molecule has 0 aliphatic rings. The van der Waals surface area contributed by atoms with E-state index in [1.54, 1.807) is 72.5 Å². The molecular formula is C30H25Cl2NO4. The molecule has 0 N–H and O–H groups in total. The number of esters is 1. The van der Waals surface area contributed by atoms with E-state index in [2.05, 4.69) is 0 Å². The van der Waals surface area contributed by atoms with E-state index in [-0.39, 0.29) is 19.1 Å². The lowest BCUT2D eigenvalue weighted by Crippen LogP contribution is -2.30. The summed E-state index contributed by atoms with van der Waals surface area (Å²) in [6.45, 7) is 2.54. The first kappa shape index (κ1) is 26.3. The van der Waals surface area contributed by atoms with Crippen LogP contribution in [0.1, 0.15) is 38.8 Å². The molecule has 4 rings (SSSR count). The molecule has 0 fully saturated rings. The van der Waals surface area contributed by atoms with Crippen LogP contribution in [0.4, 0.5) is 5.69 Å². The number of amides is 1. The lowest BCUT2D eigenvalue weighted by molar-refractivity contribution is 0.0526. The molecule has 7 heteroatoms. The molecule has 0 aliphatic carbocycles. The maximum absolute atomic E-state index is 13.8. The van der Waals surface area contributed by atoms with Crippen LogP contribution in [0.2, 0.25) is 10.0 Å². The van der Waals surface area contributed by atoms with Gasteiger partial charge < -0.3 is 14.4 Å². The second-order valence-corrected chi connectivity index (χ2v) is 8.98. The van der Waals surface area contributed by atoms with Crippen molar-refractivity contribution in [3.63, 3.8) is 0 Å². The van der Waals surface area contributed by atoms with E-state index < -0.39 is 5.97 Å². The van der Waals surface area contributed by atoms with Crippen LogP contribution in [0.25, 0.3) is 0 Å². The number of rotatable bonds is 9. The molecule has 0 atom stereocenters. The molecule has 0 unspecified atom stereocenters. The third kappa shape index (κ3) is 6.70. The summed E-state index contributed by atoms with van der Waals surface area (Å²) in [5, 5.41) is 0.904. The Balaban J connectivity index is 1.64. The molecular weight excluding hydrogens is 509 g/mol. The van der Waals surface area contributed by atoms with Crippen molar-refractivity contribution in [2.45, 2.75) is 20.1 Å². The number of nitrogens with zero attached hydrogens (tertiary/aromatic N) is 1. The molecule has 0 radical (unpaired) electrons. The Kier molecular flexibility index (Phi) is 8.83. The molecule has 188 valence electrons. The minimum Gasteiger partial charge on any atom is -0.489 e. The van der Waals surface area contributed by atoms with Gasteiger partial charge in [-0.15, -0.1) is 0 Å². The quantitative estimate of drug-likeness (QED) is 0.208. The molecule has 0 aliphatic heterocycles. The van der Waals surface area contributed by atoms with E-state index in [0.717, 1.165) is 5.56 Å². The van der Waals surface area contributed by atoms with Gasteiger partial charge in [0.15, 0.2) is 0 Å². The summed E-state index contributed by atoms with van der Waals surface area (Å²) >= 11 is 12.9. The first-order valence-corrected chi connectivity index (χ1v) is 12.5. The summed E-state index contributed by atoms with van der Waals surface area (Å²) in [7, 11) is 0. The zero-order chi connectivity index (χ0) is 26.2. The van der Waals surface area contributed by atoms with Crippen molar-refractivity contribution >= 4 is 40.8 Å². The Morgan fingerprint density at radius 2 is 1.46 bits per heavy atom. The predicted octanol–water partition coefficient (Wildman–Crippen LogP) is 7.60. The third-order valence-corrected chi connectivity index (χ3v) is 6.35. The van der Waals surface area contributed by atoms with E-state index in [1.165, 1.54) is 0 Å². The average Bonchev–Trinajstić information content (AvgIpc) is 2.92. The van der Waals surface area contributed by atoms with Crippen LogP contribution < -0.4 is 9.64 Å². The zero-order valence-electron chi connectivity index (χ0n) is 20.2. The van der Waals surface area contributed by atoms with Crippen LogP contribution in [-0.2, 0) is 17.9 Å². The zero-order valence-corrected chi connectivity index (χ0v) is 21.7.